The first-order valence-electron chi connectivity index (χ1n) is 7.32. The maximum Gasteiger partial charge on any atom is 0.265 e. The van der Waals surface area contributed by atoms with Crippen LogP contribution in [0.25, 0.3) is 6.08 Å². The van der Waals surface area contributed by atoms with Crippen LogP contribution >= 0.6 is 12.2 Å². The van der Waals surface area contributed by atoms with E-state index in [4.69, 9.17) is 21.7 Å². The molecule has 0 radical (unpaired) electrons. The van der Waals surface area contributed by atoms with E-state index in [-0.39, 0.29) is 17.2 Å². The van der Waals surface area contributed by atoms with Crippen LogP contribution in [0.15, 0.2) is 36.4 Å². The third kappa shape index (κ3) is 3.62. The summed E-state index contributed by atoms with van der Waals surface area (Å²) in [6.45, 7) is 6.14. The van der Waals surface area contributed by atoms with Gasteiger partial charge in [0.15, 0.2) is 16.6 Å². The average Bonchev–Trinajstić information content (AvgIpc) is 2.56. The first-order chi connectivity index (χ1) is 11.5. The van der Waals surface area contributed by atoms with E-state index in [0.29, 0.717) is 23.7 Å². The normalized spacial score (nSPS) is 16.2. The summed E-state index contributed by atoms with van der Waals surface area (Å²) < 4.78 is 10.7. The Morgan fingerprint density at radius 1 is 1.33 bits per heavy atom. The number of nitrogens with one attached hydrogen (secondary N) is 1. The third-order valence-corrected chi connectivity index (χ3v) is 3.62. The fourth-order valence-electron chi connectivity index (χ4n) is 2.21. The molecule has 0 aliphatic carbocycles. The minimum Gasteiger partial charge on any atom is -0.493 e. The Morgan fingerprint density at radius 3 is 2.71 bits per heavy atom. The summed E-state index contributed by atoms with van der Waals surface area (Å²) in [5, 5.41) is 2.58. The van der Waals surface area contributed by atoms with Crippen molar-refractivity contribution in [3.05, 3.63) is 42.0 Å². The zero-order valence-electron chi connectivity index (χ0n) is 13.5. The molecule has 0 saturated carbocycles. The Morgan fingerprint density at radius 2 is 2.08 bits per heavy atom. The molecule has 0 spiro atoms. The predicted octanol–water partition coefficient (Wildman–Crippen LogP) is 1.91. The van der Waals surface area contributed by atoms with E-state index in [1.165, 1.54) is 11.0 Å². The first kappa shape index (κ1) is 17.7. The Balaban J connectivity index is 2.39. The third-order valence-electron chi connectivity index (χ3n) is 3.30. The minimum atomic E-state index is -0.529. The summed E-state index contributed by atoms with van der Waals surface area (Å²) in [5.74, 6) is 0.126. The van der Waals surface area contributed by atoms with Crippen LogP contribution in [-0.2, 0) is 9.59 Å². The molecule has 1 heterocycles. The lowest BCUT2D eigenvalue weighted by atomic mass is 10.1. The van der Waals surface area contributed by atoms with Crippen molar-refractivity contribution in [1.29, 1.82) is 0 Å². The molecule has 7 heteroatoms. The van der Waals surface area contributed by atoms with Gasteiger partial charge in [-0.05, 0) is 42.9 Å². The lowest BCUT2D eigenvalue weighted by Gasteiger charge is -2.27. The van der Waals surface area contributed by atoms with Gasteiger partial charge in [-0.1, -0.05) is 12.1 Å². The summed E-state index contributed by atoms with van der Waals surface area (Å²) in [6, 6.07) is 5.16. The molecule has 1 aliphatic heterocycles. The minimum absolute atomic E-state index is 0.00179. The monoisotopic (exact) mass is 346 g/mol. The molecule has 6 nitrogen and oxygen atoms in total. The molecule has 1 N–H and O–H groups in total. The number of thiocarbonyl (C=S) groups is 1. The average molecular weight is 346 g/mol. The highest BCUT2D eigenvalue weighted by molar-refractivity contribution is 7.80. The van der Waals surface area contributed by atoms with Crippen molar-refractivity contribution >= 4 is 35.2 Å². The molecule has 0 unspecified atom stereocenters. The SMILES string of the molecule is C=CCN1C(=O)C(=Cc2ccc(OC)c(OCC)c2)C(=O)NC1=S. The molecular formula is C17H18N2O4S. The summed E-state index contributed by atoms with van der Waals surface area (Å²) in [4.78, 5) is 25.9. The van der Waals surface area contributed by atoms with Crippen molar-refractivity contribution in [3.63, 3.8) is 0 Å². The molecule has 0 atom stereocenters. The van der Waals surface area contributed by atoms with Gasteiger partial charge in [-0.25, -0.2) is 0 Å². The summed E-state index contributed by atoms with van der Waals surface area (Å²) in [5.41, 5.74) is 0.641. The Kier molecular flexibility index (Phi) is 5.70. The van der Waals surface area contributed by atoms with Crippen LogP contribution in [0.2, 0.25) is 0 Å². The zero-order valence-corrected chi connectivity index (χ0v) is 14.3. The fraction of sp³-hybridized carbons (Fsp3) is 0.235. The van der Waals surface area contributed by atoms with Gasteiger partial charge in [0.1, 0.15) is 5.57 Å². The number of ether oxygens (including phenoxy) is 2. The van der Waals surface area contributed by atoms with Crippen molar-refractivity contribution in [2.24, 2.45) is 0 Å². The molecule has 2 rings (SSSR count). The van der Waals surface area contributed by atoms with E-state index in [2.05, 4.69) is 11.9 Å². The second-order valence-electron chi connectivity index (χ2n) is 4.87. The van der Waals surface area contributed by atoms with Crippen molar-refractivity contribution in [2.45, 2.75) is 6.92 Å². The molecule has 2 amide bonds. The van der Waals surface area contributed by atoms with Gasteiger partial charge in [0.25, 0.3) is 11.8 Å². The van der Waals surface area contributed by atoms with Crippen LogP contribution < -0.4 is 14.8 Å². The quantitative estimate of drug-likeness (QED) is 0.369. The van der Waals surface area contributed by atoms with Gasteiger partial charge in [0.05, 0.1) is 13.7 Å². The maximum atomic E-state index is 12.5. The maximum absolute atomic E-state index is 12.5. The topological polar surface area (TPSA) is 67.9 Å². The van der Waals surface area contributed by atoms with Gasteiger partial charge < -0.3 is 9.47 Å². The van der Waals surface area contributed by atoms with E-state index < -0.39 is 11.8 Å². The number of amides is 2. The Bertz CT molecular complexity index is 727. The van der Waals surface area contributed by atoms with Crippen LogP contribution in [0.1, 0.15) is 12.5 Å². The van der Waals surface area contributed by atoms with E-state index in [0.717, 1.165) is 0 Å². The molecule has 24 heavy (non-hydrogen) atoms. The van der Waals surface area contributed by atoms with Gasteiger partial charge in [0, 0.05) is 6.54 Å². The van der Waals surface area contributed by atoms with Crippen LogP contribution in [0.4, 0.5) is 0 Å². The van der Waals surface area contributed by atoms with Gasteiger partial charge in [0.2, 0.25) is 0 Å². The molecule has 126 valence electrons. The number of hydrogen-bond acceptors (Lipinski definition) is 5. The molecule has 1 aliphatic rings. The predicted molar refractivity (Wildman–Crippen MR) is 94.8 cm³/mol. The van der Waals surface area contributed by atoms with E-state index in [1.807, 2.05) is 6.92 Å². The Hall–Kier alpha value is -2.67. The molecule has 1 fully saturated rings. The molecule has 1 aromatic carbocycles. The van der Waals surface area contributed by atoms with E-state index in [1.54, 1.807) is 31.4 Å². The number of carbonyl (C=O) groups is 2. The number of rotatable bonds is 6. The van der Waals surface area contributed by atoms with Gasteiger partial charge >= 0.3 is 0 Å². The number of nitrogens with zero attached hydrogens (tertiary/aromatic N) is 1. The molecule has 1 saturated heterocycles. The highest BCUT2D eigenvalue weighted by atomic mass is 32.1. The van der Waals surface area contributed by atoms with Crippen LogP contribution in [-0.4, -0.2) is 42.1 Å². The van der Waals surface area contributed by atoms with Gasteiger partial charge in [-0.2, -0.15) is 0 Å². The molecule has 1 aromatic rings. The second kappa shape index (κ2) is 7.74. The van der Waals surface area contributed by atoms with Crippen molar-refractivity contribution in [1.82, 2.24) is 10.2 Å². The smallest absolute Gasteiger partial charge is 0.265 e. The van der Waals surface area contributed by atoms with Crippen LogP contribution in [0, 0.1) is 0 Å². The molecular weight excluding hydrogens is 328 g/mol. The summed E-state index contributed by atoms with van der Waals surface area (Å²) in [6.07, 6.45) is 3.04. The Labute approximate surface area is 145 Å². The first-order valence-corrected chi connectivity index (χ1v) is 7.73. The van der Waals surface area contributed by atoms with Crippen LogP contribution in [0.3, 0.4) is 0 Å². The van der Waals surface area contributed by atoms with Crippen LogP contribution in [0.5, 0.6) is 11.5 Å². The van der Waals surface area contributed by atoms with Crippen molar-refractivity contribution in [3.8, 4) is 11.5 Å². The summed E-state index contributed by atoms with van der Waals surface area (Å²) >= 11 is 5.01. The van der Waals surface area contributed by atoms with Gasteiger partial charge in [-0.3, -0.25) is 19.8 Å². The second-order valence-corrected chi connectivity index (χ2v) is 5.25. The lowest BCUT2D eigenvalue weighted by molar-refractivity contribution is -0.128. The number of carbonyl (C=O) groups excluding carboxylic acids is 2. The lowest BCUT2D eigenvalue weighted by Crippen LogP contribution is -2.53. The molecule has 0 aromatic heterocycles. The highest BCUT2D eigenvalue weighted by Crippen LogP contribution is 2.29. The van der Waals surface area contributed by atoms with Gasteiger partial charge in [-0.15, -0.1) is 6.58 Å². The largest absolute Gasteiger partial charge is 0.493 e. The number of hydrogen-bond donors (Lipinski definition) is 1. The van der Waals surface area contributed by atoms with Crippen molar-refractivity contribution in [2.75, 3.05) is 20.3 Å². The fourth-order valence-corrected chi connectivity index (χ4v) is 2.46. The standard InChI is InChI=1S/C17H18N2O4S/c1-4-8-19-16(21)12(15(20)18-17(19)24)9-11-6-7-13(22-3)14(10-11)23-5-2/h4,6-7,9-10H,1,5,8H2,2-3H3,(H,18,20,24). The zero-order chi connectivity index (χ0) is 17.7. The summed E-state index contributed by atoms with van der Waals surface area (Å²) in [7, 11) is 1.54. The number of methoxy groups -OCH3 is 1. The highest BCUT2D eigenvalue weighted by Gasteiger charge is 2.32. The van der Waals surface area contributed by atoms with Crippen molar-refractivity contribution < 1.29 is 19.1 Å². The van der Waals surface area contributed by atoms with E-state index >= 15 is 0 Å². The van der Waals surface area contributed by atoms with E-state index in [9.17, 15) is 9.59 Å². The number of benzene rings is 1. The molecule has 0 bridgehead atoms.